The van der Waals surface area contributed by atoms with Gasteiger partial charge in [-0.05, 0) is 0 Å². The van der Waals surface area contributed by atoms with Crippen molar-refractivity contribution in [3.05, 3.63) is 31.2 Å². The molecule has 9 heavy (non-hydrogen) atoms. The minimum Gasteiger partial charge on any atom is -0.268 e. The van der Waals surface area contributed by atoms with E-state index >= 15 is 0 Å². The monoisotopic (exact) mass is 129 g/mol. The molecule has 0 aliphatic heterocycles. The van der Waals surface area contributed by atoms with Crippen molar-refractivity contribution in [2.45, 2.75) is 0 Å². The van der Waals surface area contributed by atoms with Gasteiger partial charge in [0.05, 0.1) is 0 Å². The number of nitrogens with one attached hydrogen (secondary N) is 3. The lowest BCUT2D eigenvalue weighted by atomic mass is 10.8. The molecule has 1 heterocycles. The van der Waals surface area contributed by atoms with Crippen molar-refractivity contribution in [2.24, 2.45) is 0 Å². The maximum Gasteiger partial charge on any atom is 0.340 e. The molecule has 48 valence electrons. The summed E-state index contributed by atoms with van der Waals surface area (Å²) in [7, 11) is 0. The van der Waals surface area contributed by atoms with Crippen LogP contribution in [0.3, 0.4) is 0 Å². The quantitative estimate of drug-likeness (QED) is 0.345. The first-order valence-electron chi connectivity index (χ1n) is 2.11. The predicted molar refractivity (Wildman–Crippen MR) is 28.3 cm³/mol. The van der Waals surface area contributed by atoms with Gasteiger partial charge in [-0.15, -0.1) is 0 Å². The molecule has 0 fully saturated rings. The number of hydrogen-bond donors (Lipinski definition) is 3. The molecule has 0 saturated carbocycles. The summed E-state index contributed by atoms with van der Waals surface area (Å²) in [5.74, 6) is 0. The Morgan fingerprint density at radius 3 is 2.00 bits per heavy atom. The first kappa shape index (κ1) is 5.54. The lowest BCUT2D eigenvalue weighted by Crippen LogP contribution is -2.37. The third-order valence-electron chi connectivity index (χ3n) is 0.723. The number of aromatic nitrogens is 3. The van der Waals surface area contributed by atoms with Crippen LogP contribution < -0.4 is 16.8 Å². The van der Waals surface area contributed by atoms with E-state index < -0.39 is 16.8 Å². The number of hydrogen-bond acceptors (Lipinski definition) is 3. The summed E-state index contributed by atoms with van der Waals surface area (Å²) in [6, 6.07) is 0. The summed E-state index contributed by atoms with van der Waals surface area (Å²) in [6.45, 7) is 0. The minimum atomic E-state index is -0.946. The van der Waals surface area contributed by atoms with E-state index in [-0.39, 0.29) is 0 Å². The highest BCUT2D eigenvalue weighted by atomic mass is 16.2. The Labute approximate surface area is 47.5 Å². The average Bonchev–Trinajstić information content (AvgIpc) is 1.80. The molecular formula is C3H3N3O3. The first-order valence-corrected chi connectivity index (χ1v) is 2.11. The van der Waals surface area contributed by atoms with Crippen LogP contribution in [-0.2, 0) is 0 Å². The second kappa shape index (κ2) is 1.73. The molecule has 0 amide bonds. The van der Waals surface area contributed by atoms with Crippen molar-refractivity contribution in [3.8, 4) is 0 Å². The van der Waals surface area contributed by atoms with Gasteiger partial charge in [-0.2, -0.15) is 0 Å². The lowest BCUT2D eigenvalue weighted by molar-refractivity contribution is 0.856. The van der Waals surface area contributed by atoms with Crippen molar-refractivity contribution >= 4 is 0 Å². The van der Waals surface area contributed by atoms with Crippen molar-refractivity contribution in [1.82, 2.24) is 15.2 Å². The number of rotatable bonds is 0. The number of aromatic amines is 3. The van der Waals surface area contributed by atoms with Gasteiger partial charge in [0.25, 0.3) is 0 Å². The molecule has 1 aromatic rings. The third-order valence-corrected chi connectivity index (χ3v) is 0.723. The Morgan fingerprint density at radius 2 is 1.56 bits per heavy atom. The molecule has 6 heteroatoms. The van der Waals surface area contributed by atoms with Crippen LogP contribution in [0.25, 0.3) is 0 Å². The molecule has 3 N–H and O–H groups in total. The molecule has 0 atom stereocenters. The molecular weight excluding hydrogens is 126 g/mol. The van der Waals surface area contributed by atoms with Gasteiger partial charge in [-0.1, -0.05) is 0 Å². The lowest BCUT2D eigenvalue weighted by Gasteiger charge is -1.77. The standard InChI is InChI=1S/C3H3N3O3/c7-1-2(8)5-6-3(9)4-1/h(H,5,8)(H2,4,6,7,9). The molecule has 0 aliphatic carbocycles. The molecule has 0 bridgehead atoms. The molecule has 0 aromatic carbocycles. The SMILES string of the molecule is O=c1[nH][nH]c(=O)c(=O)[nH]1. The van der Waals surface area contributed by atoms with E-state index in [4.69, 9.17) is 0 Å². The van der Waals surface area contributed by atoms with Crippen molar-refractivity contribution in [1.29, 1.82) is 0 Å². The Hall–Kier alpha value is -1.59. The zero-order chi connectivity index (χ0) is 6.85. The predicted octanol–water partition coefficient (Wildman–Crippen LogP) is -2.25. The third kappa shape index (κ3) is 0.958. The van der Waals surface area contributed by atoms with Gasteiger partial charge < -0.3 is 0 Å². The largest absolute Gasteiger partial charge is 0.340 e. The molecule has 0 radical (unpaired) electrons. The van der Waals surface area contributed by atoms with Crippen LogP contribution in [0, 0.1) is 0 Å². The summed E-state index contributed by atoms with van der Waals surface area (Å²) >= 11 is 0. The maximum absolute atomic E-state index is 10.2. The van der Waals surface area contributed by atoms with Gasteiger partial charge in [0.2, 0.25) is 0 Å². The fourth-order valence-corrected chi connectivity index (χ4v) is 0.361. The summed E-state index contributed by atoms with van der Waals surface area (Å²) in [5.41, 5.74) is -2.53. The van der Waals surface area contributed by atoms with E-state index in [9.17, 15) is 14.4 Å². The van der Waals surface area contributed by atoms with Crippen LogP contribution in [0.15, 0.2) is 14.4 Å². The second-order valence-electron chi connectivity index (χ2n) is 1.36. The maximum atomic E-state index is 10.2. The molecule has 0 saturated heterocycles. The van der Waals surface area contributed by atoms with Crippen LogP contribution >= 0.6 is 0 Å². The summed E-state index contributed by atoms with van der Waals surface area (Å²) in [5, 5.41) is 3.72. The average molecular weight is 129 g/mol. The van der Waals surface area contributed by atoms with Gasteiger partial charge >= 0.3 is 16.8 Å². The second-order valence-corrected chi connectivity index (χ2v) is 1.36. The van der Waals surface area contributed by atoms with Gasteiger partial charge in [0.15, 0.2) is 0 Å². The van der Waals surface area contributed by atoms with Gasteiger partial charge in [0.1, 0.15) is 0 Å². The van der Waals surface area contributed by atoms with Gasteiger partial charge in [-0.25, -0.2) is 9.89 Å². The smallest absolute Gasteiger partial charge is 0.268 e. The summed E-state index contributed by atoms with van der Waals surface area (Å²) in [4.78, 5) is 32.3. The Balaban J connectivity index is 3.73. The number of H-pyrrole nitrogens is 3. The van der Waals surface area contributed by atoms with Crippen molar-refractivity contribution in [2.75, 3.05) is 0 Å². The van der Waals surface area contributed by atoms with Crippen LogP contribution in [0.4, 0.5) is 0 Å². The summed E-state index contributed by atoms with van der Waals surface area (Å²) in [6.07, 6.45) is 0. The fraction of sp³-hybridized carbons (Fsp3) is 0. The zero-order valence-electron chi connectivity index (χ0n) is 4.22. The Kier molecular flexibility index (Phi) is 1.07. The van der Waals surface area contributed by atoms with Crippen molar-refractivity contribution in [3.63, 3.8) is 0 Å². The molecule has 6 nitrogen and oxygen atoms in total. The van der Waals surface area contributed by atoms with E-state index in [0.29, 0.717) is 0 Å². The highest BCUT2D eigenvalue weighted by Crippen LogP contribution is 1.29. The molecule has 1 aromatic heterocycles. The Morgan fingerprint density at radius 1 is 0.889 bits per heavy atom. The van der Waals surface area contributed by atoms with Crippen LogP contribution in [0.2, 0.25) is 0 Å². The van der Waals surface area contributed by atoms with Crippen LogP contribution in [0.1, 0.15) is 0 Å². The van der Waals surface area contributed by atoms with E-state index in [0.717, 1.165) is 0 Å². The fourth-order valence-electron chi connectivity index (χ4n) is 0.361. The van der Waals surface area contributed by atoms with Gasteiger partial charge in [0, 0.05) is 0 Å². The molecule has 1 rings (SSSR count). The highest BCUT2D eigenvalue weighted by Gasteiger charge is 1.88. The van der Waals surface area contributed by atoms with E-state index in [2.05, 4.69) is 0 Å². The normalized spacial score (nSPS) is 9.33. The zero-order valence-corrected chi connectivity index (χ0v) is 4.22. The topological polar surface area (TPSA) is 98.6 Å². The molecule has 0 aliphatic rings. The van der Waals surface area contributed by atoms with E-state index in [1.165, 1.54) is 0 Å². The first-order chi connectivity index (χ1) is 4.20. The van der Waals surface area contributed by atoms with E-state index in [1.54, 1.807) is 4.98 Å². The Bertz CT molecular complexity index is 355. The van der Waals surface area contributed by atoms with Crippen LogP contribution in [0.5, 0.6) is 0 Å². The molecule has 0 spiro atoms. The van der Waals surface area contributed by atoms with E-state index in [1.807, 2.05) is 10.2 Å². The van der Waals surface area contributed by atoms with Gasteiger partial charge in [-0.3, -0.25) is 19.7 Å². The summed E-state index contributed by atoms with van der Waals surface area (Å²) < 4.78 is 0. The highest BCUT2D eigenvalue weighted by molar-refractivity contribution is 4.68. The van der Waals surface area contributed by atoms with Crippen molar-refractivity contribution < 1.29 is 0 Å². The molecule has 0 unspecified atom stereocenters. The van der Waals surface area contributed by atoms with Crippen LogP contribution in [-0.4, -0.2) is 15.2 Å². The minimum absolute atomic E-state index is 0.723.